The highest BCUT2D eigenvalue weighted by atomic mass is 16.3. The van der Waals surface area contributed by atoms with Gasteiger partial charge in [-0.2, -0.15) is 0 Å². The summed E-state index contributed by atoms with van der Waals surface area (Å²) in [6, 6.07) is 0. The summed E-state index contributed by atoms with van der Waals surface area (Å²) in [7, 11) is 0. The number of carbonyl (C=O) groups is 1. The number of hydrogen-bond donors (Lipinski definition) is 1. The minimum atomic E-state index is -0.315. The summed E-state index contributed by atoms with van der Waals surface area (Å²) in [6.07, 6.45) is 3.25. The van der Waals surface area contributed by atoms with Gasteiger partial charge in [-0.05, 0) is 44.6 Å². The summed E-state index contributed by atoms with van der Waals surface area (Å²) >= 11 is 0. The lowest BCUT2D eigenvalue weighted by Crippen LogP contribution is -2.38. The fourth-order valence-corrected chi connectivity index (χ4v) is 3.34. The maximum atomic E-state index is 12.1. The number of aliphatic hydroxyl groups is 1. The van der Waals surface area contributed by atoms with Gasteiger partial charge in [0.1, 0.15) is 0 Å². The van der Waals surface area contributed by atoms with Gasteiger partial charge >= 0.3 is 0 Å². The predicted octanol–water partition coefficient (Wildman–Crippen LogP) is 2.88. The Morgan fingerprint density at radius 1 is 1.41 bits per heavy atom. The number of aliphatic hydroxyl groups excluding tert-OH is 1. The Hall–Kier alpha value is -0.890. The number of Topliss-reactive ketones (excluding diaryl/α,β-unsaturated/α-hetero) is 1. The van der Waals surface area contributed by atoms with Gasteiger partial charge in [0.2, 0.25) is 0 Å². The first-order chi connectivity index (χ1) is 7.91. The highest BCUT2D eigenvalue weighted by Crippen LogP contribution is 2.44. The molecule has 0 heterocycles. The molecule has 2 aliphatic rings. The number of rotatable bonds is 0. The van der Waals surface area contributed by atoms with E-state index in [4.69, 9.17) is 0 Å². The van der Waals surface area contributed by atoms with E-state index in [-0.39, 0.29) is 12.0 Å². The van der Waals surface area contributed by atoms with Crippen LogP contribution < -0.4 is 0 Å². The van der Waals surface area contributed by atoms with Crippen molar-refractivity contribution in [1.29, 1.82) is 0 Å². The minimum absolute atomic E-state index is 0.236. The summed E-state index contributed by atoms with van der Waals surface area (Å²) in [5, 5.41) is 9.96. The van der Waals surface area contributed by atoms with E-state index in [1.165, 1.54) is 0 Å². The van der Waals surface area contributed by atoms with Crippen molar-refractivity contribution in [2.45, 2.75) is 46.6 Å². The highest BCUT2D eigenvalue weighted by Gasteiger charge is 2.41. The van der Waals surface area contributed by atoms with E-state index < -0.39 is 0 Å². The Kier molecular flexibility index (Phi) is 3.26. The smallest absolute Gasteiger partial charge is 0.159 e. The SMILES string of the molecule is CC1=C[C@H]2C(=C(C)C)C(=O)C[C@H](C)[C@H]2C[C@H]1O. The van der Waals surface area contributed by atoms with Gasteiger partial charge in [0.15, 0.2) is 5.78 Å². The van der Waals surface area contributed by atoms with Gasteiger partial charge in [-0.1, -0.05) is 18.6 Å². The lowest BCUT2D eigenvalue weighted by molar-refractivity contribution is -0.119. The Morgan fingerprint density at radius 2 is 2.06 bits per heavy atom. The molecule has 1 fully saturated rings. The molecule has 0 unspecified atom stereocenters. The molecule has 17 heavy (non-hydrogen) atoms. The average molecular weight is 234 g/mol. The van der Waals surface area contributed by atoms with Gasteiger partial charge < -0.3 is 5.11 Å². The molecule has 4 atom stereocenters. The summed E-state index contributed by atoms with van der Waals surface area (Å²) < 4.78 is 0. The first-order valence-electron chi connectivity index (χ1n) is 6.48. The van der Waals surface area contributed by atoms with Crippen molar-refractivity contribution >= 4 is 5.78 Å². The van der Waals surface area contributed by atoms with E-state index in [2.05, 4.69) is 13.0 Å². The molecule has 2 heteroatoms. The third-order valence-electron chi connectivity index (χ3n) is 4.34. The van der Waals surface area contributed by atoms with Crippen LogP contribution in [0.5, 0.6) is 0 Å². The topological polar surface area (TPSA) is 37.3 Å². The Morgan fingerprint density at radius 3 is 2.65 bits per heavy atom. The second kappa shape index (κ2) is 4.41. The van der Waals surface area contributed by atoms with Crippen molar-refractivity contribution in [2.24, 2.45) is 17.8 Å². The lowest BCUT2D eigenvalue weighted by atomic mass is 9.63. The molecule has 0 aliphatic heterocycles. The molecule has 0 saturated heterocycles. The van der Waals surface area contributed by atoms with Crippen LogP contribution in [0.4, 0.5) is 0 Å². The fourth-order valence-electron chi connectivity index (χ4n) is 3.34. The largest absolute Gasteiger partial charge is 0.389 e. The van der Waals surface area contributed by atoms with Crippen molar-refractivity contribution in [3.63, 3.8) is 0 Å². The van der Waals surface area contributed by atoms with Gasteiger partial charge in [-0.15, -0.1) is 0 Å². The Bertz CT molecular complexity index is 399. The summed E-state index contributed by atoms with van der Waals surface area (Å²) in [5.74, 6) is 1.35. The van der Waals surface area contributed by atoms with Crippen LogP contribution in [0.1, 0.15) is 40.5 Å². The van der Waals surface area contributed by atoms with Crippen molar-refractivity contribution in [1.82, 2.24) is 0 Å². The third-order valence-corrected chi connectivity index (χ3v) is 4.34. The highest BCUT2D eigenvalue weighted by molar-refractivity contribution is 5.98. The number of fused-ring (bicyclic) bond motifs is 1. The van der Waals surface area contributed by atoms with Crippen LogP contribution in [0.15, 0.2) is 22.8 Å². The minimum Gasteiger partial charge on any atom is -0.389 e. The van der Waals surface area contributed by atoms with Crippen LogP contribution >= 0.6 is 0 Å². The van der Waals surface area contributed by atoms with Gasteiger partial charge in [-0.25, -0.2) is 0 Å². The van der Waals surface area contributed by atoms with Gasteiger partial charge in [-0.3, -0.25) is 4.79 Å². The van der Waals surface area contributed by atoms with E-state index in [0.29, 0.717) is 24.0 Å². The molecule has 2 aliphatic carbocycles. The molecule has 1 N–H and O–H groups in total. The molecule has 0 bridgehead atoms. The maximum absolute atomic E-state index is 12.1. The maximum Gasteiger partial charge on any atom is 0.159 e. The van der Waals surface area contributed by atoms with Crippen molar-refractivity contribution in [3.05, 3.63) is 22.8 Å². The molecule has 0 aromatic carbocycles. The average Bonchev–Trinajstić information content (AvgIpc) is 2.20. The van der Waals surface area contributed by atoms with Gasteiger partial charge in [0, 0.05) is 17.9 Å². The van der Waals surface area contributed by atoms with Crippen molar-refractivity contribution in [2.75, 3.05) is 0 Å². The first-order valence-corrected chi connectivity index (χ1v) is 6.48. The fraction of sp³-hybridized carbons (Fsp3) is 0.667. The normalized spacial score (nSPS) is 37.6. The number of hydrogen-bond acceptors (Lipinski definition) is 2. The number of carbonyl (C=O) groups excluding carboxylic acids is 1. The number of allylic oxidation sites excluding steroid dienone is 3. The second-order valence-electron chi connectivity index (χ2n) is 5.87. The monoisotopic (exact) mass is 234 g/mol. The van der Waals surface area contributed by atoms with Gasteiger partial charge in [0.05, 0.1) is 6.10 Å². The van der Waals surface area contributed by atoms with Crippen molar-refractivity contribution in [3.8, 4) is 0 Å². The molecule has 0 amide bonds. The van der Waals surface area contributed by atoms with Crippen LogP contribution in [0.25, 0.3) is 0 Å². The lowest BCUT2D eigenvalue weighted by Gasteiger charge is -2.41. The van der Waals surface area contributed by atoms with Crippen LogP contribution in [-0.2, 0) is 4.79 Å². The molecule has 0 spiro atoms. The molecule has 2 rings (SSSR count). The number of ketones is 1. The van der Waals surface area contributed by atoms with E-state index in [0.717, 1.165) is 23.1 Å². The first kappa shape index (κ1) is 12.6. The quantitative estimate of drug-likeness (QED) is 0.517. The van der Waals surface area contributed by atoms with Gasteiger partial charge in [0.25, 0.3) is 0 Å². The Labute approximate surface area is 103 Å². The molecule has 2 nitrogen and oxygen atoms in total. The standard InChI is InChI=1S/C15H22O2/c1-8(2)15-12-5-10(4)13(16)7-11(12)9(3)6-14(15)17/h5,9,11-13,16H,6-7H2,1-4H3/t9-,11+,12+,13+/m0/s1. The van der Waals surface area contributed by atoms with Crippen LogP contribution in [0, 0.1) is 17.8 Å². The molecular formula is C15H22O2. The van der Waals surface area contributed by atoms with Crippen LogP contribution in [-0.4, -0.2) is 17.0 Å². The zero-order valence-corrected chi connectivity index (χ0v) is 11.2. The van der Waals surface area contributed by atoms with Crippen LogP contribution in [0.2, 0.25) is 0 Å². The Balaban J connectivity index is 2.45. The van der Waals surface area contributed by atoms with Crippen LogP contribution in [0.3, 0.4) is 0 Å². The summed E-state index contributed by atoms with van der Waals surface area (Å²) in [5.41, 5.74) is 3.16. The molecule has 0 radical (unpaired) electrons. The summed E-state index contributed by atoms with van der Waals surface area (Å²) in [4.78, 5) is 12.1. The summed E-state index contributed by atoms with van der Waals surface area (Å²) in [6.45, 7) is 8.15. The molecular weight excluding hydrogens is 212 g/mol. The predicted molar refractivity (Wildman–Crippen MR) is 68.5 cm³/mol. The zero-order valence-electron chi connectivity index (χ0n) is 11.2. The van der Waals surface area contributed by atoms with E-state index >= 15 is 0 Å². The second-order valence-corrected chi connectivity index (χ2v) is 5.87. The molecule has 0 aromatic heterocycles. The zero-order chi connectivity index (χ0) is 12.7. The molecule has 94 valence electrons. The van der Waals surface area contributed by atoms with E-state index in [1.807, 2.05) is 20.8 Å². The van der Waals surface area contributed by atoms with Crippen molar-refractivity contribution < 1.29 is 9.90 Å². The third kappa shape index (κ3) is 2.11. The molecule has 1 saturated carbocycles. The molecule has 0 aromatic rings. The van der Waals surface area contributed by atoms with E-state index in [1.54, 1.807) is 0 Å². The van der Waals surface area contributed by atoms with E-state index in [9.17, 15) is 9.90 Å².